The molecule has 0 saturated heterocycles. The van der Waals surface area contributed by atoms with E-state index >= 15 is 0 Å². The van der Waals surface area contributed by atoms with E-state index in [-0.39, 0.29) is 4.85 Å². The summed E-state index contributed by atoms with van der Waals surface area (Å²) in [6.07, 6.45) is 0. The molecule has 5 heteroatoms. The van der Waals surface area contributed by atoms with Gasteiger partial charge in [0.05, 0.1) is 5.39 Å². The molecule has 5 nitrogen and oxygen atoms in total. The van der Waals surface area contributed by atoms with Gasteiger partial charge in [0.25, 0.3) is 0 Å². The van der Waals surface area contributed by atoms with Crippen LogP contribution in [0.5, 0.6) is 0 Å². The van der Waals surface area contributed by atoms with Crippen LogP contribution in [-0.4, -0.2) is 20.4 Å². The summed E-state index contributed by atoms with van der Waals surface area (Å²) in [7, 11) is 0. The van der Waals surface area contributed by atoms with Crippen molar-refractivity contribution in [1.82, 2.24) is 15.2 Å². The van der Waals surface area contributed by atoms with Gasteiger partial charge in [-0.3, -0.25) is 4.79 Å². The van der Waals surface area contributed by atoms with Gasteiger partial charge in [0.2, 0.25) is 0 Å². The minimum absolute atomic E-state index is 0.251. The Morgan fingerprint density at radius 3 is 2.47 bits per heavy atom. The second-order valence-electron chi connectivity index (χ2n) is 4.38. The first-order valence-corrected chi connectivity index (χ1v) is 5.81. The summed E-state index contributed by atoms with van der Waals surface area (Å²) in [5.41, 5.74) is 2.98. The van der Waals surface area contributed by atoms with Crippen molar-refractivity contribution in [3.8, 4) is 11.1 Å². The molecule has 1 heterocycles. The molecule has 0 aliphatic rings. The molecule has 1 N–H and O–H groups in total. The molecule has 0 unspecified atom stereocenters. The second kappa shape index (κ2) is 4.20. The first-order valence-electron chi connectivity index (χ1n) is 5.81. The Kier molecular flexibility index (Phi) is 2.52. The molecule has 0 bridgehead atoms. The molecule has 0 saturated carbocycles. The van der Waals surface area contributed by atoms with Crippen LogP contribution >= 0.6 is 0 Å². The third-order valence-electron chi connectivity index (χ3n) is 3.03. The van der Waals surface area contributed by atoms with Crippen molar-refractivity contribution >= 4 is 10.9 Å². The van der Waals surface area contributed by atoms with Crippen molar-refractivity contribution in [2.75, 3.05) is 0 Å². The van der Waals surface area contributed by atoms with Crippen molar-refractivity contribution in [2.45, 2.75) is 6.92 Å². The maximum atomic E-state index is 11.8. The van der Waals surface area contributed by atoms with E-state index in [1.165, 1.54) is 5.56 Å². The molecule has 0 atom stereocenters. The number of benzene rings is 2. The zero-order valence-corrected chi connectivity index (χ0v) is 10.2. The van der Waals surface area contributed by atoms with E-state index in [2.05, 4.69) is 10.3 Å². The smallest absolute Gasteiger partial charge is 0.314 e. The molecule has 2 aromatic carbocycles. The second-order valence-corrected chi connectivity index (χ2v) is 4.38. The largest absolute Gasteiger partial charge is 0.407 e. The summed E-state index contributed by atoms with van der Waals surface area (Å²) < 4.78 is 0. The molecule has 3 rings (SSSR count). The Morgan fingerprint density at radius 1 is 1.05 bits per heavy atom. The molecule has 0 aliphatic carbocycles. The topological polar surface area (TPSA) is 68.0 Å². The fourth-order valence-corrected chi connectivity index (χ4v) is 1.96. The van der Waals surface area contributed by atoms with Gasteiger partial charge in [-0.05, 0) is 40.2 Å². The monoisotopic (exact) mass is 253 g/mol. The van der Waals surface area contributed by atoms with E-state index in [4.69, 9.17) is 0 Å². The number of aromatic nitrogens is 3. The highest BCUT2D eigenvalue weighted by Crippen LogP contribution is 2.22. The van der Waals surface area contributed by atoms with Crippen molar-refractivity contribution in [3.63, 3.8) is 0 Å². The SMILES string of the molecule is Cc1ccc(-c2ccc3nnn(O)c(=O)c3c2)cc1. The lowest BCUT2D eigenvalue weighted by molar-refractivity contribution is 0.127. The summed E-state index contributed by atoms with van der Waals surface area (Å²) in [5, 5.41) is 16.7. The van der Waals surface area contributed by atoms with Gasteiger partial charge in [0, 0.05) is 0 Å². The summed E-state index contributed by atoms with van der Waals surface area (Å²) in [4.78, 5) is 12.0. The maximum absolute atomic E-state index is 11.8. The fourth-order valence-electron chi connectivity index (χ4n) is 1.96. The van der Waals surface area contributed by atoms with E-state index in [9.17, 15) is 10.0 Å². The predicted molar refractivity (Wildman–Crippen MR) is 71.2 cm³/mol. The molecule has 1 aromatic heterocycles. The Bertz CT molecular complexity index is 807. The van der Waals surface area contributed by atoms with Crippen LogP contribution < -0.4 is 5.56 Å². The lowest BCUT2D eigenvalue weighted by Crippen LogP contribution is -2.21. The molecule has 0 radical (unpaired) electrons. The van der Waals surface area contributed by atoms with Gasteiger partial charge in [0.15, 0.2) is 0 Å². The normalized spacial score (nSPS) is 10.8. The summed E-state index contributed by atoms with van der Waals surface area (Å²) in [6, 6.07) is 13.3. The fraction of sp³-hybridized carbons (Fsp3) is 0.0714. The number of hydrogen-bond donors (Lipinski definition) is 1. The van der Waals surface area contributed by atoms with E-state index in [1.807, 2.05) is 37.3 Å². The molecule has 0 fully saturated rings. The molecule has 0 aliphatic heterocycles. The molecule has 94 valence electrons. The highest BCUT2D eigenvalue weighted by atomic mass is 16.5. The van der Waals surface area contributed by atoms with E-state index in [0.29, 0.717) is 10.9 Å². The van der Waals surface area contributed by atoms with E-state index in [1.54, 1.807) is 12.1 Å². The Morgan fingerprint density at radius 2 is 1.74 bits per heavy atom. The number of aryl methyl sites for hydroxylation is 1. The van der Waals surface area contributed by atoms with Crippen molar-refractivity contribution < 1.29 is 5.21 Å². The molecule has 0 amide bonds. The quantitative estimate of drug-likeness (QED) is 0.673. The van der Waals surface area contributed by atoms with Gasteiger partial charge in [0.1, 0.15) is 5.52 Å². The standard InChI is InChI=1S/C14H11N3O2/c1-9-2-4-10(5-3-9)11-6-7-13-12(8-11)14(18)17(19)16-15-13/h2-8,19H,1H3. The molecule has 0 spiro atoms. The first kappa shape index (κ1) is 11.4. The maximum Gasteiger partial charge on any atom is 0.314 e. The van der Waals surface area contributed by atoms with Gasteiger partial charge in [-0.2, -0.15) is 0 Å². The molecule has 19 heavy (non-hydrogen) atoms. The highest BCUT2D eigenvalue weighted by Gasteiger charge is 2.06. The van der Waals surface area contributed by atoms with Gasteiger partial charge in [-0.15, -0.1) is 5.10 Å². The van der Waals surface area contributed by atoms with Crippen molar-refractivity contribution in [3.05, 3.63) is 58.4 Å². The van der Waals surface area contributed by atoms with Crippen molar-refractivity contribution in [1.29, 1.82) is 0 Å². The number of nitrogens with zero attached hydrogens (tertiary/aromatic N) is 3. The molecular formula is C14H11N3O2. The van der Waals surface area contributed by atoms with Crippen LogP contribution in [0.1, 0.15) is 5.56 Å². The van der Waals surface area contributed by atoms with Crippen LogP contribution in [0.2, 0.25) is 0 Å². The number of fused-ring (bicyclic) bond motifs is 1. The lowest BCUT2D eigenvalue weighted by atomic mass is 10.0. The van der Waals surface area contributed by atoms with E-state index in [0.717, 1.165) is 11.1 Å². The molecular weight excluding hydrogens is 242 g/mol. The Labute approximate surface area is 108 Å². The third kappa shape index (κ3) is 1.95. The summed E-state index contributed by atoms with van der Waals surface area (Å²) in [5.74, 6) is 0. The van der Waals surface area contributed by atoms with Crippen LogP contribution in [-0.2, 0) is 0 Å². The Balaban J connectivity index is 2.23. The third-order valence-corrected chi connectivity index (χ3v) is 3.03. The van der Waals surface area contributed by atoms with Gasteiger partial charge >= 0.3 is 5.56 Å². The average molecular weight is 253 g/mol. The zero-order valence-electron chi connectivity index (χ0n) is 10.2. The van der Waals surface area contributed by atoms with Gasteiger partial charge in [-0.1, -0.05) is 35.9 Å². The van der Waals surface area contributed by atoms with Crippen LogP contribution in [0.4, 0.5) is 0 Å². The van der Waals surface area contributed by atoms with Crippen molar-refractivity contribution in [2.24, 2.45) is 0 Å². The minimum atomic E-state index is -0.570. The zero-order chi connectivity index (χ0) is 13.4. The summed E-state index contributed by atoms with van der Waals surface area (Å²) in [6.45, 7) is 2.02. The predicted octanol–water partition coefficient (Wildman–Crippen LogP) is 2.00. The number of hydrogen-bond acceptors (Lipinski definition) is 4. The van der Waals surface area contributed by atoms with Crippen LogP contribution in [0.15, 0.2) is 47.3 Å². The van der Waals surface area contributed by atoms with Crippen LogP contribution in [0.3, 0.4) is 0 Å². The summed E-state index contributed by atoms with van der Waals surface area (Å²) >= 11 is 0. The van der Waals surface area contributed by atoms with Gasteiger partial charge in [-0.25, -0.2) is 0 Å². The van der Waals surface area contributed by atoms with Gasteiger partial charge < -0.3 is 5.21 Å². The van der Waals surface area contributed by atoms with Crippen LogP contribution in [0, 0.1) is 6.92 Å². The van der Waals surface area contributed by atoms with Crippen LogP contribution in [0.25, 0.3) is 22.0 Å². The number of rotatable bonds is 1. The highest BCUT2D eigenvalue weighted by molar-refractivity contribution is 5.83. The molecule has 3 aromatic rings. The Hall–Kier alpha value is -2.69. The average Bonchev–Trinajstić information content (AvgIpc) is 2.44. The first-order chi connectivity index (χ1) is 9.15. The van der Waals surface area contributed by atoms with E-state index < -0.39 is 5.56 Å². The lowest BCUT2D eigenvalue weighted by Gasteiger charge is -2.04. The minimum Gasteiger partial charge on any atom is -0.407 e.